The lowest BCUT2D eigenvalue weighted by Crippen LogP contribution is -2.51. The molecule has 1 aromatic carbocycles. The van der Waals surface area contributed by atoms with E-state index in [9.17, 15) is 9.59 Å². The standard InChI is InChI=1S/C24H32N6O2S/c31-21-8-4-5-11-30(21)24-26-25-23(33-24)29-12-9-20(10-13-29)22(32)28-16-14-27(15-17-28)18-19-6-2-1-3-7-19/h1-3,6-7,20H,4-5,8-18H2. The zero-order valence-corrected chi connectivity index (χ0v) is 19.9. The van der Waals surface area contributed by atoms with Gasteiger partial charge in [0.15, 0.2) is 0 Å². The molecule has 0 radical (unpaired) electrons. The Morgan fingerprint density at radius 1 is 0.909 bits per heavy atom. The van der Waals surface area contributed by atoms with Crippen molar-refractivity contribution >= 4 is 33.4 Å². The minimum Gasteiger partial charge on any atom is -0.347 e. The molecule has 2 aromatic rings. The molecule has 0 unspecified atom stereocenters. The molecule has 4 heterocycles. The fraction of sp³-hybridized carbons (Fsp3) is 0.583. The van der Waals surface area contributed by atoms with Crippen LogP contribution in [0.15, 0.2) is 30.3 Å². The molecule has 3 saturated heterocycles. The Balaban J connectivity index is 1.09. The van der Waals surface area contributed by atoms with Crippen LogP contribution < -0.4 is 9.80 Å². The summed E-state index contributed by atoms with van der Waals surface area (Å²) >= 11 is 1.50. The summed E-state index contributed by atoms with van der Waals surface area (Å²) in [5.41, 5.74) is 1.33. The SMILES string of the molecule is O=C(C1CCN(c2nnc(N3CCCCC3=O)s2)CC1)N1CCN(Cc2ccccc2)CC1. The highest BCUT2D eigenvalue weighted by molar-refractivity contribution is 7.19. The van der Waals surface area contributed by atoms with E-state index in [0.717, 1.165) is 83.2 Å². The summed E-state index contributed by atoms with van der Waals surface area (Å²) in [5, 5.41) is 10.2. The minimum atomic E-state index is 0.0954. The number of carbonyl (C=O) groups is 2. The van der Waals surface area contributed by atoms with Crippen molar-refractivity contribution in [3.05, 3.63) is 35.9 Å². The number of hydrogen-bond acceptors (Lipinski definition) is 7. The molecular formula is C24H32N6O2S. The number of piperazine rings is 1. The summed E-state index contributed by atoms with van der Waals surface area (Å²) in [5.74, 6) is 0.556. The molecule has 3 fully saturated rings. The molecule has 8 nitrogen and oxygen atoms in total. The average molecular weight is 469 g/mol. The van der Waals surface area contributed by atoms with Crippen LogP contribution in [0, 0.1) is 5.92 Å². The fourth-order valence-corrected chi connectivity index (χ4v) is 5.94. The molecule has 2 amide bonds. The van der Waals surface area contributed by atoms with E-state index < -0.39 is 0 Å². The number of benzene rings is 1. The first kappa shape index (κ1) is 22.3. The smallest absolute Gasteiger partial charge is 0.228 e. The first-order valence-corrected chi connectivity index (χ1v) is 12.9. The third-order valence-corrected chi connectivity index (χ3v) is 8.01. The second-order valence-corrected chi connectivity index (χ2v) is 10.2. The lowest BCUT2D eigenvalue weighted by molar-refractivity contribution is -0.138. The molecule has 0 aliphatic carbocycles. The van der Waals surface area contributed by atoms with Crippen LogP contribution in [-0.2, 0) is 16.1 Å². The molecule has 176 valence electrons. The van der Waals surface area contributed by atoms with Crippen LogP contribution in [-0.4, -0.2) is 77.6 Å². The summed E-state index contributed by atoms with van der Waals surface area (Å²) in [6, 6.07) is 10.5. The lowest BCUT2D eigenvalue weighted by atomic mass is 9.95. The van der Waals surface area contributed by atoms with Gasteiger partial charge in [0, 0.05) is 64.7 Å². The highest BCUT2D eigenvalue weighted by Gasteiger charge is 2.32. The zero-order chi connectivity index (χ0) is 22.6. The first-order valence-electron chi connectivity index (χ1n) is 12.1. The van der Waals surface area contributed by atoms with Gasteiger partial charge in [0.1, 0.15) is 0 Å². The van der Waals surface area contributed by atoms with Crippen molar-refractivity contribution < 1.29 is 9.59 Å². The number of aromatic nitrogens is 2. The number of piperidine rings is 2. The van der Waals surface area contributed by atoms with Gasteiger partial charge in [-0.2, -0.15) is 0 Å². The van der Waals surface area contributed by atoms with Crippen molar-refractivity contribution in [2.45, 2.75) is 38.6 Å². The van der Waals surface area contributed by atoms with Gasteiger partial charge in [0.25, 0.3) is 0 Å². The second kappa shape index (κ2) is 10.2. The van der Waals surface area contributed by atoms with Crippen LogP contribution in [0.1, 0.15) is 37.7 Å². The molecule has 0 N–H and O–H groups in total. The van der Waals surface area contributed by atoms with Crippen molar-refractivity contribution in [1.82, 2.24) is 20.0 Å². The van der Waals surface area contributed by atoms with Gasteiger partial charge in [-0.1, -0.05) is 41.7 Å². The molecule has 5 rings (SSSR count). The van der Waals surface area contributed by atoms with Crippen molar-refractivity contribution in [3.63, 3.8) is 0 Å². The predicted molar refractivity (Wildman–Crippen MR) is 129 cm³/mol. The van der Waals surface area contributed by atoms with Gasteiger partial charge in [-0.3, -0.25) is 19.4 Å². The lowest BCUT2D eigenvalue weighted by Gasteiger charge is -2.38. The molecule has 0 atom stereocenters. The zero-order valence-electron chi connectivity index (χ0n) is 19.1. The summed E-state index contributed by atoms with van der Waals surface area (Å²) in [6.07, 6.45) is 4.28. The van der Waals surface area contributed by atoms with Crippen molar-refractivity contribution in [1.29, 1.82) is 0 Å². The van der Waals surface area contributed by atoms with Crippen molar-refractivity contribution in [3.8, 4) is 0 Å². The fourth-order valence-electron chi connectivity index (χ4n) is 5.00. The van der Waals surface area contributed by atoms with Crippen LogP contribution in [0.25, 0.3) is 0 Å². The van der Waals surface area contributed by atoms with E-state index in [0.29, 0.717) is 17.5 Å². The molecule has 1 aromatic heterocycles. The molecule has 3 aliphatic rings. The van der Waals surface area contributed by atoms with E-state index in [1.54, 1.807) is 4.90 Å². The van der Waals surface area contributed by atoms with Gasteiger partial charge in [-0.25, -0.2) is 0 Å². The summed E-state index contributed by atoms with van der Waals surface area (Å²) < 4.78 is 0. The number of carbonyl (C=O) groups excluding carboxylic acids is 2. The number of rotatable bonds is 5. The Bertz CT molecular complexity index is 951. The monoisotopic (exact) mass is 468 g/mol. The molecular weight excluding hydrogens is 436 g/mol. The van der Waals surface area contributed by atoms with E-state index >= 15 is 0 Å². The number of nitrogens with zero attached hydrogens (tertiary/aromatic N) is 6. The molecule has 3 aliphatic heterocycles. The molecule has 33 heavy (non-hydrogen) atoms. The summed E-state index contributed by atoms with van der Waals surface area (Å²) in [4.78, 5) is 33.8. The normalized spacial score (nSPS) is 21.0. The Morgan fingerprint density at radius 3 is 2.36 bits per heavy atom. The molecule has 0 spiro atoms. The van der Waals surface area contributed by atoms with Gasteiger partial charge in [0.05, 0.1) is 0 Å². The Hall–Kier alpha value is -2.52. The quantitative estimate of drug-likeness (QED) is 0.672. The number of hydrogen-bond donors (Lipinski definition) is 0. The summed E-state index contributed by atoms with van der Waals surface area (Å²) in [6.45, 7) is 6.81. The van der Waals surface area contributed by atoms with E-state index in [-0.39, 0.29) is 11.8 Å². The predicted octanol–water partition coefficient (Wildman–Crippen LogP) is 2.62. The van der Waals surface area contributed by atoms with E-state index in [1.165, 1.54) is 16.9 Å². The Labute approximate surface area is 199 Å². The highest BCUT2D eigenvalue weighted by Crippen LogP contribution is 2.32. The maximum Gasteiger partial charge on any atom is 0.228 e. The summed E-state index contributed by atoms with van der Waals surface area (Å²) in [7, 11) is 0. The Morgan fingerprint density at radius 2 is 1.64 bits per heavy atom. The molecule has 9 heteroatoms. The third-order valence-electron chi connectivity index (χ3n) is 7.01. The Kier molecular flexibility index (Phi) is 6.87. The third kappa shape index (κ3) is 5.19. The topological polar surface area (TPSA) is 72.9 Å². The van der Waals surface area contributed by atoms with Gasteiger partial charge < -0.3 is 9.80 Å². The van der Waals surface area contributed by atoms with Crippen LogP contribution in [0.4, 0.5) is 10.3 Å². The minimum absolute atomic E-state index is 0.0954. The van der Waals surface area contributed by atoms with Gasteiger partial charge >= 0.3 is 0 Å². The second-order valence-electron chi connectivity index (χ2n) is 9.22. The van der Waals surface area contributed by atoms with Crippen molar-refractivity contribution in [2.75, 3.05) is 55.6 Å². The maximum absolute atomic E-state index is 13.1. The van der Waals surface area contributed by atoms with E-state index in [1.807, 2.05) is 6.07 Å². The van der Waals surface area contributed by atoms with Gasteiger partial charge in [0.2, 0.25) is 22.1 Å². The molecule has 0 saturated carbocycles. The van der Waals surface area contributed by atoms with E-state index in [4.69, 9.17) is 0 Å². The largest absolute Gasteiger partial charge is 0.347 e. The highest BCUT2D eigenvalue weighted by atomic mass is 32.1. The van der Waals surface area contributed by atoms with Crippen LogP contribution in [0.2, 0.25) is 0 Å². The van der Waals surface area contributed by atoms with Crippen LogP contribution >= 0.6 is 11.3 Å². The number of anilines is 2. The van der Waals surface area contributed by atoms with Gasteiger partial charge in [-0.05, 0) is 31.2 Å². The van der Waals surface area contributed by atoms with Crippen molar-refractivity contribution in [2.24, 2.45) is 5.92 Å². The first-order chi connectivity index (χ1) is 16.2. The number of amides is 2. The molecule has 0 bridgehead atoms. The van der Waals surface area contributed by atoms with Crippen LogP contribution in [0.5, 0.6) is 0 Å². The van der Waals surface area contributed by atoms with Crippen LogP contribution in [0.3, 0.4) is 0 Å². The maximum atomic E-state index is 13.1. The average Bonchev–Trinajstić information content (AvgIpc) is 3.35. The van der Waals surface area contributed by atoms with Gasteiger partial charge in [-0.15, -0.1) is 10.2 Å². The van der Waals surface area contributed by atoms with E-state index in [2.05, 4.69) is 49.2 Å².